The van der Waals surface area contributed by atoms with Crippen LogP contribution in [0.15, 0.2) is 186 Å². The van der Waals surface area contributed by atoms with Crippen LogP contribution < -0.4 is 10.5 Å². The third-order valence-corrected chi connectivity index (χ3v) is 8.66. The summed E-state index contributed by atoms with van der Waals surface area (Å²) in [5, 5.41) is 0. The fourth-order valence-corrected chi connectivity index (χ4v) is 5.58. The maximum absolute atomic E-state index is 6.02. The monoisotopic (exact) mass is 748 g/mol. The second-order valence-electron chi connectivity index (χ2n) is 13.1. The largest absolute Gasteiger partial charge is 0.492 e. The van der Waals surface area contributed by atoms with Crippen molar-refractivity contribution < 1.29 is 18.9 Å². The number of hydrogen-bond donors (Lipinski definition) is 1. The Morgan fingerprint density at radius 1 is 0.643 bits per heavy atom. The van der Waals surface area contributed by atoms with Gasteiger partial charge in [0.15, 0.2) is 0 Å². The second kappa shape index (κ2) is 24.3. The van der Waals surface area contributed by atoms with E-state index in [9.17, 15) is 0 Å². The summed E-state index contributed by atoms with van der Waals surface area (Å²) in [5.74, 6) is 1.30. The number of nitrogens with zero attached hydrogens (tertiary/aromatic N) is 3. The predicted octanol–water partition coefficient (Wildman–Crippen LogP) is 9.97. The molecule has 56 heavy (non-hydrogen) atoms. The van der Waals surface area contributed by atoms with Crippen molar-refractivity contribution in [3.63, 3.8) is 0 Å². The molecule has 0 aliphatic carbocycles. The van der Waals surface area contributed by atoms with Crippen LogP contribution in [0, 0.1) is 0 Å². The molecule has 0 radical (unpaired) electrons. The molecule has 288 valence electrons. The van der Waals surface area contributed by atoms with Crippen LogP contribution in [0.4, 0.5) is 0 Å². The average Bonchev–Trinajstić information content (AvgIpc) is 3.25. The molecule has 5 aromatic rings. The van der Waals surface area contributed by atoms with Gasteiger partial charge < -0.3 is 24.7 Å². The molecule has 8 heteroatoms. The van der Waals surface area contributed by atoms with Gasteiger partial charge in [0.2, 0.25) is 0 Å². The van der Waals surface area contributed by atoms with E-state index in [-0.39, 0.29) is 12.1 Å². The molecule has 2 N–H and O–H groups in total. The lowest BCUT2D eigenvalue weighted by molar-refractivity contribution is 0.108. The Morgan fingerprint density at radius 2 is 1.20 bits per heavy atom. The lowest BCUT2D eigenvalue weighted by Gasteiger charge is -2.14. The number of allylic oxidation sites excluding steroid dienone is 3. The van der Waals surface area contributed by atoms with E-state index in [4.69, 9.17) is 34.7 Å². The quantitative estimate of drug-likeness (QED) is 0.0292. The lowest BCUT2D eigenvalue weighted by Crippen LogP contribution is -2.07. The van der Waals surface area contributed by atoms with Crippen molar-refractivity contribution in [2.24, 2.45) is 15.7 Å². The Morgan fingerprint density at radius 3 is 1.75 bits per heavy atom. The molecular formula is C48H52N4O4. The summed E-state index contributed by atoms with van der Waals surface area (Å²) in [5.41, 5.74) is 11.8. The van der Waals surface area contributed by atoms with Crippen molar-refractivity contribution in [2.45, 2.75) is 44.6 Å². The van der Waals surface area contributed by atoms with E-state index in [1.807, 2.05) is 97.1 Å². The molecule has 0 aliphatic rings. The van der Waals surface area contributed by atoms with Gasteiger partial charge >= 0.3 is 0 Å². The Balaban J connectivity index is 0.979. The molecule has 0 saturated heterocycles. The minimum Gasteiger partial charge on any atom is -0.492 e. The number of pyridine rings is 1. The van der Waals surface area contributed by atoms with Crippen molar-refractivity contribution >= 4 is 12.4 Å². The molecule has 0 aliphatic heterocycles. The topological polar surface area (TPSA) is 101 Å². The molecule has 0 fully saturated rings. The van der Waals surface area contributed by atoms with Crippen molar-refractivity contribution in [2.75, 3.05) is 26.4 Å². The summed E-state index contributed by atoms with van der Waals surface area (Å²) < 4.78 is 23.9. The molecular weight excluding hydrogens is 697 g/mol. The van der Waals surface area contributed by atoms with Crippen molar-refractivity contribution in [3.8, 4) is 5.75 Å². The average molecular weight is 749 g/mol. The molecule has 0 bridgehead atoms. The summed E-state index contributed by atoms with van der Waals surface area (Å²) in [6.45, 7) is 7.25. The maximum Gasteiger partial charge on any atom is 0.137 e. The minimum atomic E-state index is -0.153. The summed E-state index contributed by atoms with van der Waals surface area (Å²) in [4.78, 5) is 14.1. The molecule has 1 heterocycles. The molecule has 1 aromatic heterocycles. The molecule has 0 saturated carbocycles. The highest BCUT2D eigenvalue weighted by Gasteiger charge is 2.11. The van der Waals surface area contributed by atoms with Gasteiger partial charge in [0, 0.05) is 18.6 Å². The van der Waals surface area contributed by atoms with E-state index in [2.05, 4.69) is 60.1 Å². The van der Waals surface area contributed by atoms with Crippen LogP contribution in [-0.4, -0.2) is 43.8 Å². The van der Waals surface area contributed by atoms with Gasteiger partial charge in [-0.15, -0.1) is 0 Å². The summed E-state index contributed by atoms with van der Waals surface area (Å²) in [6, 6.07) is 44.1. The molecule has 0 unspecified atom stereocenters. The lowest BCUT2D eigenvalue weighted by atomic mass is 10.1. The van der Waals surface area contributed by atoms with Crippen LogP contribution in [0.1, 0.15) is 59.3 Å². The third kappa shape index (κ3) is 15.3. The highest BCUT2D eigenvalue weighted by atomic mass is 16.5. The van der Waals surface area contributed by atoms with Crippen molar-refractivity contribution in [1.82, 2.24) is 4.98 Å². The zero-order valence-corrected chi connectivity index (χ0v) is 31.9. The number of hydrogen-bond acceptors (Lipinski definition) is 8. The first-order valence-corrected chi connectivity index (χ1v) is 19.1. The van der Waals surface area contributed by atoms with Gasteiger partial charge in [-0.2, -0.15) is 0 Å². The third-order valence-electron chi connectivity index (χ3n) is 8.66. The van der Waals surface area contributed by atoms with Crippen LogP contribution in [0.25, 0.3) is 0 Å². The Hall–Kier alpha value is -6.09. The first kappa shape index (κ1) is 41.1. The maximum atomic E-state index is 6.02. The summed E-state index contributed by atoms with van der Waals surface area (Å²) in [7, 11) is 0. The van der Waals surface area contributed by atoms with Crippen LogP contribution >= 0.6 is 0 Å². The predicted molar refractivity (Wildman–Crippen MR) is 227 cm³/mol. The molecule has 2 atom stereocenters. The van der Waals surface area contributed by atoms with Crippen molar-refractivity contribution in [3.05, 3.63) is 204 Å². The van der Waals surface area contributed by atoms with E-state index >= 15 is 0 Å². The van der Waals surface area contributed by atoms with Crippen molar-refractivity contribution in [1.29, 1.82) is 0 Å². The summed E-state index contributed by atoms with van der Waals surface area (Å²) in [6.07, 6.45) is 13.1. The second-order valence-corrected chi connectivity index (χ2v) is 13.1. The van der Waals surface area contributed by atoms with Crippen LogP contribution in [0.5, 0.6) is 5.75 Å². The molecule has 0 spiro atoms. The number of aromatic nitrogens is 1. The Bertz CT molecular complexity index is 1950. The first-order chi connectivity index (χ1) is 27.7. The van der Waals surface area contributed by atoms with Crippen LogP contribution in [-0.2, 0) is 27.4 Å². The van der Waals surface area contributed by atoms with Gasteiger partial charge in [0.05, 0.1) is 63.6 Å². The van der Waals surface area contributed by atoms with Gasteiger partial charge in [-0.05, 0) is 65.3 Å². The fourth-order valence-electron chi connectivity index (χ4n) is 5.58. The molecule has 8 nitrogen and oxygen atoms in total. The highest BCUT2D eigenvalue weighted by Crippen LogP contribution is 2.20. The molecule has 5 rings (SSSR count). The zero-order chi connectivity index (χ0) is 38.9. The SMILES string of the molecule is C=C(/C=C\C(=C/N)OCCCCCOc1ccc(/C=N/[C@H](COCc2ccccc2)c2ccccc2)nc1)/C=N/[C@H](COCc1ccccc1)c1ccccc1. The smallest absolute Gasteiger partial charge is 0.137 e. The van der Waals surface area contributed by atoms with Gasteiger partial charge in [-0.1, -0.05) is 134 Å². The van der Waals surface area contributed by atoms with Crippen LogP contribution in [0.2, 0.25) is 0 Å². The normalized spacial score (nSPS) is 13.0. The number of rotatable bonds is 24. The van der Waals surface area contributed by atoms with E-state index in [1.54, 1.807) is 18.6 Å². The number of unbranched alkanes of at least 4 members (excludes halogenated alkanes) is 2. The van der Waals surface area contributed by atoms with E-state index in [0.29, 0.717) is 45.4 Å². The summed E-state index contributed by atoms with van der Waals surface area (Å²) >= 11 is 0. The van der Waals surface area contributed by atoms with Gasteiger partial charge in [-0.25, -0.2) is 0 Å². The highest BCUT2D eigenvalue weighted by molar-refractivity contribution is 5.81. The van der Waals surface area contributed by atoms with Gasteiger partial charge in [0.25, 0.3) is 0 Å². The van der Waals surface area contributed by atoms with E-state index in [1.165, 1.54) is 6.20 Å². The number of benzene rings is 4. The standard InChI is InChI=1S/C48H52N4O4/c1-39(32-51-47(42-21-11-4-12-22-42)37-53-35-40-17-7-2-8-18-40)25-27-45(31-49)55-29-15-6-16-30-56-46-28-26-44(50-34-46)33-52-48(43-23-13-5-14-24-43)38-54-36-41-19-9-3-10-20-41/h2-5,7-14,17-28,31-34,47-48H,1,6,15-16,29-30,35-38,49H2/b27-25-,45-31+,51-32+,52-33+/t47-,48-/m1/s1. The number of nitrogens with two attached hydrogens (primary N) is 1. The fraction of sp³-hybridized carbons (Fsp3) is 0.229. The van der Waals surface area contributed by atoms with E-state index < -0.39 is 0 Å². The van der Waals surface area contributed by atoms with Crippen LogP contribution in [0.3, 0.4) is 0 Å². The number of aliphatic imine (C=N–C) groups is 2. The minimum absolute atomic E-state index is 0.136. The Kier molecular flexibility index (Phi) is 17.9. The molecule has 0 amide bonds. The molecule has 4 aromatic carbocycles. The van der Waals surface area contributed by atoms with Gasteiger partial charge in [0.1, 0.15) is 11.5 Å². The van der Waals surface area contributed by atoms with Gasteiger partial charge in [-0.3, -0.25) is 15.0 Å². The zero-order valence-electron chi connectivity index (χ0n) is 31.9. The van der Waals surface area contributed by atoms with E-state index in [0.717, 1.165) is 58.5 Å². The number of ether oxygens (including phenoxy) is 4. The Labute approximate surface area is 331 Å². The first-order valence-electron chi connectivity index (χ1n) is 19.1.